The second-order valence-electron chi connectivity index (χ2n) is 24.2. The smallest absolute Gasteiger partial charge is 0.187 e. The van der Waals surface area contributed by atoms with Crippen molar-refractivity contribution in [3.63, 3.8) is 0 Å². The minimum absolute atomic E-state index is 0.00694. The van der Waals surface area contributed by atoms with Gasteiger partial charge in [-0.15, -0.1) is 0 Å². The van der Waals surface area contributed by atoms with Crippen molar-refractivity contribution >= 4 is 0 Å². The molecular weight excluding hydrogens is 965 g/mol. The zero-order valence-corrected chi connectivity index (χ0v) is 42.6. The average Bonchev–Trinajstić information content (AvgIpc) is 3.97. The first-order valence-corrected chi connectivity index (χ1v) is 26.8. The summed E-state index contributed by atoms with van der Waals surface area (Å²) < 4.78 is 62.3. The van der Waals surface area contributed by atoms with Crippen molar-refractivity contribution in [2.24, 2.45) is 40.4 Å². The molecule has 10 aliphatic rings. The molecule has 31 atom stereocenters. The molecule has 3 saturated carbocycles. The Kier molecular flexibility index (Phi) is 15.5. The Balaban J connectivity index is 0.809. The summed E-state index contributed by atoms with van der Waals surface area (Å²) in [6.07, 6.45) is -19.7. The number of ether oxygens (including phenoxy) is 10. The maximum absolute atomic E-state index is 12.1. The van der Waals surface area contributed by atoms with Crippen LogP contribution in [0.5, 0.6) is 0 Å². The number of rotatable bonds is 11. The van der Waals surface area contributed by atoms with Crippen LogP contribution in [0.15, 0.2) is 11.6 Å². The summed E-state index contributed by atoms with van der Waals surface area (Å²) in [5, 5.41) is 127. The van der Waals surface area contributed by atoms with Gasteiger partial charge in [0.1, 0.15) is 85.5 Å². The lowest BCUT2D eigenvalue weighted by atomic mass is 9.47. The molecule has 1 spiro atoms. The lowest BCUT2D eigenvalue weighted by molar-refractivity contribution is -0.388. The van der Waals surface area contributed by atoms with Crippen molar-refractivity contribution in [3.8, 4) is 0 Å². The summed E-state index contributed by atoms with van der Waals surface area (Å²) in [6.45, 7) is 10.8. The van der Waals surface area contributed by atoms with E-state index in [1.54, 1.807) is 0 Å². The van der Waals surface area contributed by atoms with Gasteiger partial charge in [-0.25, -0.2) is 0 Å². The maximum Gasteiger partial charge on any atom is 0.187 e. The number of aliphatic hydroxyl groups excluding tert-OH is 12. The first-order valence-electron chi connectivity index (χ1n) is 26.8. The predicted molar refractivity (Wildman–Crippen MR) is 247 cm³/mol. The fourth-order valence-corrected chi connectivity index (χ4v) is 15.6. The lowest BCUT2D eigenvalue weighted by Gasteiger charge is -2.58. The van der Waals surface area contributed by atoms with E-state index >= 15 is 0 Å². The maximum atomic E-state index is 12.1. The van der Waals surface area contributed by atoms with Gasteiger partial charge in [0.2, 0.25) is 0 Å². The second-order valence-corrected chi connectivity index (χ2v) is 24.2. The summed E-state index contributed by atoms with van der Waals surface area (Å²) >= 11 is 0. The molecular formula is C51H82O22. The Bertz CT molecular complexity index is 1970. The Labute approximate surface area is 425 Å². The van der Waals surface area contributed by atoms with Crippen LogP contribution in [0.3, 0.4) is 0 Å². The summed E-state index contributed by atoms with van der Waals surface area (Å²) in [7, 11) is 0. The quantitative estimate of drug-likeness (QED) is 0.101. The molecule has 12 N–H and O–H groups in total. The Hall–Kier alpha value is -1.14. The number of hydrogen-bond acceptors (Lipinski definition) is 22. The van der Waals surface area contributed by atoms with E-state index in [0.717, 1.165) is 32.1 Å². The highest BCUT2D eigenvalue weighted by atomic mass is 16.8. The van der Waals surface area contributed by atoms with E-state index in [2.05, 4.69) is 26.8 Å². The third-order valence-corrected chi connectivity index (χ3v) is 19.9. The van der Waals surface area contributed by atoms with Crippen LogP contribution in [-0.4, -0.2) is 228 Å². The summed E-state index contributed by atoms with van der Waals surface area (Å²) in [4.78, 5) is 0. The largest absolute Gasteiger partial charge is 0.394 e. The van der Waals surface area contributed by atoms with Gasteiger partial charge in [0.25, 0.3) is 0 Å². The molecule has 418 valence electrons. The topological polar surface area (TPSA) is 335 Å². The van der Waals surface area contributed by atoms with Gasteiger partial charge in [-0.05, 0) is 107 Å². The minimum Gasteiger partial charge on any atom is -0.394 e. The van der Waals surface area contributed by atoms with E-state index in [0.29, 0.717) is 43.4 Å². The summed E-state index contributed by atoms with van der Waals surface area (Å²) in [5.74, 6) is 0.803. The van der Waals surface area contributed by atoms with Gasteiger partial charge in [0.15, 0.2) is 30.9 Å². The molecule has 0 amide bonds. The van der Waals surface area contributed by atoms with E-state index in [-0.39, 0.29) is 35.4 Å². The fraction of sp³-hybridized carbons (Fsp3) is 0.961. The van der Waals surface area contributed by atoms with Crippen molar-refractivity contribution in [2.75, 3.05) is 19.8 Å². The molecule has 0 aromatic rings. The monoisotopic (exact) mass is 1050 g/mol. The molecule has 0 aromatic heterocycles. The molecule has 6 heterocycles. The van der Waals surface area contributed by atoms with Crippen LogP contribution in [0.1, 0.15) is 99.3 Å². The standard InChI is InChI=1S/C51H82O22/c1-20-31-28(72-51(20)14-13-48(4,73-51)19-64-44-38(60)37(59)34(56)29(17-52)68-44)16-27-25-8-7-23-15-24(9-11-49(23,5)26(25)10-12-50(27,31)6)67-47-43(71-46-40(62)36(58)33(55)22(3)66-46)41(63)42(30(18-53)69-47)70-45-39(61)35(57)32(54)21(2)65-45/h7,20-22,24-47,52-63H,8-19H2,1-6H3/t20-,21-,22-,24-,25+,26-,27-,28-,29+,30+,31-,32-,33-,34+,35+,36+,37-,38+,39+,40+,41-,42-,43+,44+,45-,46-,47+,48-,49-,50-,51-/m0/s1. The van der Waals surface area contributed by atoms with E-state index in [4.69, 9.17) is 47.4 Å². The van der Waals surface area contributed by atoms with Crippen molar-refractivity contribution in [1.82, 2.24) is 0 Å². The van der Waals surface area contributed by atoms with E-state index in [9.17, 15) is 61.3 Å². The van der Waals surface area contributed by atoms with E-state index < -0.39 is 154 Å². The molecule has 4 aliphatic carbocycles. The minimum atomic E-state index is -1.74. The first kappa shape index (κ1) is 55.2. The Morgan fingerprint density at radius 1 is 0.589 bits per heavy atom. The molecule has 6 saturated heterocycles. The zero-order valence-electron chi connectivity index (χ0n) is 42.6. The third kappa shape index (κ3) is 9.32. The van der Waals surface area contributed by atoms with Crippen LogP contribution in [0.25, 0.3) is 0 Å². The first-order chi connectivity index (χ1) is 34.5. The second kappa shape index (κ2) is 20.5. The zero-order chi connectivity index (χ0) is 52.4. The normalized spacial score (nSPS) is 58.0. The highest BCUT2D eigenvalue weighted by molar-refractivity contribution is 5.27. The van der Waals surface area contributed by atoms with Gasteiger partial charge in [-0.2, -0.15) is 0 Å². The molecule has 22 heteroatoms. The molecule has 73 heavy (non-hydrogen) atoms. The van der Waals surface area contributed by atoms with Crippen molar-refractivity contribution in [3.05, 3.63) is 11.6 Å². The average molecular weight is 1050 g/mol. The van der Waals surface area contributed by atoms with Crippen molar-refractivity contribution in [2.45, 2.75) is 246 Å². The molecule has 0 unspecified atom stereocenters. The van der Waals surface area contributed by atoms with Crippen LogP contribution < -0.4 is 0 Å². The number of allylic oxidation sites excluding steroid dienone is 1. The lowest BCUT2D eigenvalue weighted by Crippen LogP contribution is -2.66. The number of aliphatic hydroxyl groups is 12. The SMILES string of the molecule is C[C@@H]1O[C@@H](O[C@@H]2[C@H](O)[C@@H](O[C@@H]3O[C@@H](C)[C@H](O)[C@@H](O)[C@H]3O)[C@H](O[C@H]3CC[C@@]4(C)C(=CC[C@H]5[C@@H]6C[C@@H]7O[C@]8(CC[C@@](C)(CO[C@@H]9O[C@H](CO)[C@@H](O)[C@H](O)[C@H]9O)O8)[C@@H](C)[C@@H]7[C@@]6(C)CC[C@@H]54)C3)O[C@@H]2CO)[C@H](O)[C@H](O)[C@H]1O. The van der Waals surface area contributed by atoms with Gasteiger partial charge in [0, 0.05) is 12.3 Å². The van der Waals surface area contributed by atoms with Gasteiger partial charge in [-0.3, -0.25) is 0 Å². The summed E-state index contributed by atoms with van der Waals surface area (Å²) in [5.41, 5.74) is 0.394. The van der Waals surface area contributed by atoms with Crippen LogP contribution in [0.2, 0.25) is 0 Å². The van der Waals surface area contributed by atoms with Gasteiger partial charge < -0.3 is 109 Å². The fourth-order valence-electron chi connectivity index (χ4n) is 15.6. The molecule has 0 radical (unpaired) electrons. The van der Waals surface area contributed by atoms with Crippen LogP contribution in [0.4, 0.5) is 0 Å². The van der Waals surface area contributed by atoms with Crippen LogP contribution >= 0.6 is 0 Å². The molecule has 6 aliphatic heterocycles. The van der Waals surface area contributed by atoms with Gasteiger partial charge in [0.05, 0.1) is 49.8 Å². The third-order valence-electron chi connectivity index (χ3n) is 19.9. The Morgan fingerprint density at radius 2 is 1.19 bits per heavy atom. The Morgan fingerprint density at radius 3 is 1.84 bits per heavy atom. The van der Waals surface area contributed by atoms with Gasteiger partial charge in [-0.1, -0.05) is 32.4 Å². The highest BCUT2D eigenvalue weighted by Crippen LogP contribution is 2.71. The van der Waals surface area contributed by atoms with Crippen molar-refractivity contribution < 1.29 is 109 Å². The van der Waals surface area contributed by atoms with Crippen LogP contribution in [-0.2, 0) is 47.4 Å². The summed E-state index contributed by atoms with van der Waals surface area (Å²) in [6, 6.07) is 0. The molecule has 0 bridgehead atoms. The molecule has 10 rings (SSSR count). The van der Waals surface area contributed by atoms with E-state index in [1.807, 2.05) is 6.92 Å². The van der Waals surface area contributed by atoms with Crippen molar-refractivity contribution in [1.29, 1.82) is 0 Å². The van der Waals surface area contributed by atoms with Crippen LogP contribution in [0, 0.1) is 40.4 Å². The number of fused-ring (bicyclic) bond motifs is 7. The molecule has 22 nitrogen and oxygen atoms in total. The number of hydrogen-bond donors (Lipinski definition) is 12. The highest BCUT2D eigenvalue weighted by Gasteiger charge is 2.70. The van der Waals surface area contributed by atoms with Gasteiger partial charge >= 0.3 is 0 Å². The molecule has 0 aromatic carbocycles. The predicted octanol–water partition coefficient (Wildman–Crippen LogP) is -1.82. The van der Waals surface area contributed by atoms with E-state index in [1.165, 1.54) is 19.4 Å². The molecule has 9 fully saturated rings.